The van der Waals surface area contributed by atoms with Gasteiger partial charge in [0.2, 0.25) is 0 Å². The third-order valence-corrected chi connectivity index (χ3v) is 6.24. The van der Waals surface area contributed by atoms with Crippen LogP contribution in [-0.4, -0.2) is 16.5 Å². The van der Waals surface area contributed by atoms with Crippen molar-refractivity contribution in [2.45, 2.75) is 58.9 Å². The molecule has 0 aliphatic rings. The van der Waals surface area contributed by atoms with Gasteiger partial charge >= 0.3 is 0 Å². The highest BCUT2D eigenvalue weighted by Crippen LogP contribution is 2.32. The van der Waals surface area contributed by atoms with Gasteiger partial charge in [0.1, 0.15) is 0 Å². The molecule has 3 nitrogen and oxygen atoms in total. The maximum atomic E-state index is 4.75. The second-order valence-corrected chi connectivity index (χ2v) is 8.58. The molecule has 2 rings (SSSR count). The van der Waals surface area contributed by atoms with E-state index in [9.17, 15) is 0 Å². The van der Waals surface area contributed by atoms with Gasteiger partial charge in [-0.3, -0.25) is 0 Å². The Morgan fingerprint density at radius 3 is 2.52 bits per heavy atom. The first kappa shape index (κ1) is 16.6. The molecule has 2 atom stereocenters. The van der Waals surface area contributed by atoms with Crippen LogP contribution in [0.5, 0.6) is 0 Å². The zero-order valence-electron chi connectivity index (χ0n) is 13.7. The molecule has 0 radical (unpaired) electrons. The molecular formula is C16H25N3S2. The quantitative estimate of drug-likeness (QED) is 0.869. The average Bonchev–Trinajstić information content (AvgIpc) is 3.03. The highest BCUT2D eigenvalue weighted by Gasteiger charge is 2.22. The summed E-state index contributed by atoms with van der Waals surface area (Å²) in [4.78, 5) is 10.5. The van der Waals surface area contributed by atoms with Gasteiger partial charge in [-0.15, -0.1) is 22.7 Å². The highest BCUT2D eigenvalue weighted by molar-refractivity contribution is 7.12. The van der Waals surface area contributed by atoms with Gasteiger partial charge < -0.3 is 5.32 Å². The van der Waals surface area contributed by atoms with E-state index in [4.69, 9.17) is 4.98 Å². The van der Waals surface area contributed by atoms with Crippen molar-refractivity contribution < 1.29 is 0 Å². The van der Waals surface area contributed by atoms with Gasteiger partial charge in [0.05, 0.1) is 15.7 Å². The Hall–Kier alpha value is -0.780. The summed E-state index contributed by atoms with van der Waals surface area (Å²) in [5.41, 5.74) is 1.29. The van der Waals surface area contributed by atoms with Crippen LogP contribution in [0.25, 0.3) is 0 Å². The molecule has 0 aliphatic carbocycles. The Morgan fingerprint density at radius 1 is 1.29 bits per heavy atom. The average molecular weight is 324 g/mol. The Labute approximate surface area is 135 Å². The molecule has 5 heteroatoms. The number of aryl methyl sites for hydroxylation is 1. The summed E-state index contributed by atoms with van der Waals surface area (Å²) in [6.45, 7) is 14.2. The van der Waals surface area contributed by atoms with Gasteiger partial charge in [0.25, 0.3) is 0 Å². The smallest absolute Gasteiger partial charge is 0.0985 e. The lowest BCUT2D eigenvalue weighted by molar-refractivity contribution is 0.539. The van der Waals surface area contributed by atoms with Crippen molar-refractivity contribution in [2.75, 3.05) is 6.54 Å². The van der Waals surface area contributed by atoms with Crippen molar-refractivity contribution in [2.24, 2.45) is 0 Å². The van der Waals surface area contributed by atoms with E-state index in [1.54, 1.807) is 11.3 Å². The van der Waals surface area contributed by atoms with Crippen LogP contribution in [0.4, 0.5) is 0 Å². The van der Waals surface area contributed by atoms with Crippen LogP contribution in [-0.2, 0) is 5.41 Å². The minimum atomic E-state index is 0.127. The van der Waals surface area contributed by atoms with Crippen molar-refractivity contribution in [1.82, 2.24) is 15.3 Å². The molecule has 0 spiro atoms. The number of thiazole rings is 2. The van der Waals surface area contributed by atoms with E-state index in [1.165, 1.54) is 14.9 Å². The molecule has 0 saturated carbocycles. The molecule has 0 fully saturated rings. The topological polar surface area (TPSA) is 37.8 Å². The zero-order chi connectivity index (χ0) is 15.6. The second kappa shape index (κ2) is 6.55. The standard InChI is InChI=1S/C16H25N3S2/c1-10(14-17-7-8-20-14)9-18-11(2)13-12(3)19-15(21-13)16(4,5)6/h7-8,10-11,18H,9H2,1-6H3. The summed E-state index contributed by atoms with van der Waals surface area (Å²) in [7, 11) is 0. The fourth-order valence-corrected chi connectivity index (χ4v) is 3.99. The number of hydrogen-bond donors (Lipinski definition) is 1. The van der Waals surface area contributed by atoms with Gasteiger partial charge in [-0.25, -0.2) is 9.97 Å². The van der Waals surface area contributed by atoms with Gasteiger partial charge in [0, 0.05) is 40.4 Å². The molecule has 0 aromatic carbocycles. The highest BCUT2D eigenvalue weighted by atomic mass is 32.1. The van der Waals surface area contributed by atoms with Gasteiger partial charge in [-0.1, -0.05) is 27.7 Å². The van der Waals surface area contributed by atoms with Gasteiger partial charge in [0.15, 0.2) is 0 Å². The Kier molecular flexibility index (Phi) is 5.17. The van der Waals surface area contributed by atoms with E-state index in [-0.39, 0.29) is 5.41 Å². The summed E-state index contributed by atoms with van der Waals surface area (Å²) < 4.78 is 0. The van der Waals surface area contributed by atoms with Crippen LogP contribution in [0.2, 0.25) is 0 Å². The lowest BCUT2D eigenvalue weighted by Crippen LogP contribution is -2.23. The van der Waals surface area contributed by atoms with Crippen molar-refractivity contribution in [1.29, 1.82) is 0 Å². The minimum Gasteiger partial charge on any atom is -0.309 e. The molecule has 2 heterocycles. The van der Waals surface area contributed by atoms with Gasteiger partial charge in [-0.2, -0.15) is 0 Å². The zero-order valence-corrected chi connectivity index (χ0v) is 15.4. The summed E-state index contributed by atoms with van der Waals surface area (Å²) in [6, 6.07) is 0.334. The molecule has 2 aromatic heterocycles. The predicted octanol–water partition coefficient (Wildman–Crippen LogP) is 4.66. The van der Waals surface area contributed by atoms with Gasteiger partial charge in [-0.05, 0) is 13.8 Å². The van der Waals surface area contributed by atoms with Crippen molar-refractivity contribution in [3.05, 3.63) is 32.2 Å². The van der Waals surface area contributed by atoms with E-state index in [2.05, 4.69) is 51.8 Å². The second-order valence-electron chi connectivity index (χ2n) is 6.62. The lowest BCUT2D eigenvalue weighted by atomic mass is 9.98. The third kappa shape index (κ3) is 4.11. The van der Waals surface area contributed by atoms with E-state index in [1.807, 2.05) is 22.9 Å². The van der Waals surface area contributed by atoms with E-state index in [0.29, 0.717) is 12.0 Å². The number of nitrogens with one attached hydrogen (secondary N) is 1. The molecule has 116 valence electrons. The van der Waals surface area contributed by atoms with Crippen LogP contribution in [0.1, 0.15) is 67.2 Å². The summed E-state index contributed by atoms with van der Waals surface area (Å²) in [6.07, 6.45) is 1.88. The molecule has 0 saturated heterocycles. The number of nitrogens with zero attached hydrogens (tertiary/aromatic N) is 2. The Balaban J connectivity index is 2.00. The molecule has 1 N–H and O–H groups in total. The fourth-order valence-electron chi connectivity index (χ4n) is 2.14. The molecule has 0 aliphatic heterocycles. The van der Waals surface area contributed by atoms with Crippen molar-refractivity contribution in [3.63, 3.8) is 0 Å². The molecular weight excluding hydrogens is 298 g/mol. The van der Waals surface area contributed by atoms with Crippen molar-refractivity contribution >= 4 is 22.7 Å². The maximum absolute atomic E-state index is 4.75. The molecule has 2 aromatic rings. The largest absolute Gasteiger partial charge is 0.309 e. The number of aromatic nitrogens is 2. The Bertz CT molecular complexity index is 567. The lowest BCUT2D eigenvalue weighted by Gasteiger charge is -2.16. The maximum Gasteiger partial charge on any atom is 0.0985 e. The van der Waals surface area contributed by atoms with Crippen LogP contribution in [0.3, 0.4) is 0 Å². The van der Waals surface area contributed by atoms with E-state index in [0.717, 1.165) is 12.2 Å². The SMILES string of the molecule is Cc1nc(C(C)(C)C)sc1C(C)NCC(C)c1nccs1. The normalized spacial score (nSPS) is 15.1. The van der Waals surface area contributed by atoms with Crippen LogP contribution < -0.4 is 5.32 Å². The van der Waals surface area contributed by atoms with Crippen LogP contribution in [0, 0.1) is 6.92 Å². The first-order valence-corrected chi connectivity index (χ1v) is 9.09. The molecule has 21 heavy (non-hydrogen) atoms. The first-order chi connectivity index (χ1) is 9.79. The minimum absolute atomic E-state index is 0.127. The van der Waals surface area contributed by atoms with E-state index < -0.39 is 0 Å². The summed E-state index contributed by atoms with van der Waals surface area (Å²) in [5, 5.41) is 8.09. The number of hydrogen-bond acceptors (Lipinski definition) is 5. The Morgan fingerprint density at radius 2 is 2.00 bits per heavy atom. The molecule has 2 unspecified atom stereocenters. The summed E-state index contributed by atoms with van der Waals surface area (Å²) >= 11 is 3.57. The monoisotopic (exact) mass is 323 g/mol. The predicted molar refractivity (Wildman–Crippen MR) is 92.5 cm³/mol. The van der Waals surface area contributed by atoms with E-state index >= 15 is 0 Å². The fraction of sp³-hybridized carbons (Fsp3) is 0.625. The van der Waals surface area contributed by atoms with Crippen LogP contribution in [0.15, 0.2) is 11.6 Å². The first-order valence-electron chi connectivity index (χ1n) is 7.39. The van der Waals surface area contributed by atoms with Crippen LogP contribution >= 0.6 is 22.7 Å². The van der Waals surface area contributed by atoms with Crippen molar-refractivity contribution in [3.8, 4) is 0 Å². The summed E-state index contributed by atoms with van der Waals surface area (Å²) in [5.74, 6) is 0.447. The molecule has 0 bridgehead atoms. The third-order valence-electron chi connectivity index (χ3n) is 3.47. The molecule has 0 amide bonds. The number of rotatable bonds is 5.